The van der Waals surface area contributed by atoms with Crippen molar-refractivity contribution in [2.75, 3.05) is 13.9 Å². The second-order valence-electron chi connectivity index (χ2n) is 4.32. The molecule has 1 aliphatic heterocycles. The molecular formula is C15H13ClO3. The summed E-state index contributed by atoms with van der Waals surface area (Å²) < 4.78 is 15.8. The molecule has 0 N–H and O–H groups in total. The SMILES string of the molecule is COc1ccc(Cc2cc3c(cc2Cl)OCO3)cc1. The van der Waals surface area contributed by atoms with Crippen LogP contribution in [0.4, 0.5) is 0 Å². The lowest BCUT2D eigenvalue weighted by Crippen LogP contribution is -1.93. The number of hydrogen-bond donors (Lipinski definition) is 0. The van der Waals surface area contributed by atoms with Gasteiger partial charge in [0.05, 0.1) is 7.11 Å². The highest BCUT2D eigenvalue weighted by Gasteiger charge is 2.16. The monoisotopic (exact) mass is 276 g/mol. The Morgan fingerprint density at radius 3 is 2.47 bits per heavy atom. The molecule has 98 valence electrons. The van der Waals surface area contributed by atoms with Gasteiger partial charge in [-0.2, -0.15) is 0 Å². The van der Waals surface area contributed by atoms with E-state index in [2.05, 4.69) is 0 Å². The van der Waals surface area contributed by atoms with Crippen LogP contribution in [0.15, 0.2) is 36.4 Å². The predicted molar refractivity (Wildman–Crippen MR) is 73.4 cm³/mol. The van der Waals surface area contributed by atoms with Crippen molar-refractivity contribution in [3.8, 4) is 17.2 Å². The third-order valence-electron chi connectivity index (χ3n) is 3.10. The third kappa shape index (κ3) is 2.47. The van der Waals surface area contributed by atoms with Crippen LogP contribution in [0.25, 0.3) is 0 Å². The molecule has 2 aromatic rings. The highest BCUT2D eigenvalue weighted by Crippen LogP contribution is 2.37. The van der Waals surface area contributed by atoms with E-state index >= 15 is 0 Å². The van der Waals surface area contributed by atoms with Gasteiger partial charge in [0.25, 0.3) is 0 Å². The van der Waals surface area contributed by atoms with Crippen LogP contribution in [0.3, 0.4) is 0 Å². The first-order valence-corrected chi connectivity index (χ1v) is 6.35. The van der Waals surface area contributed by atoms with Gasteiger partial charge in [0.15, 0.2) is 11.5 Å². The number of rotatable bonds is 3. The summed E-state index contributed by atoms with van der Waals surface area (Å²) in [5, 5.41) is 0.695. The number of halogens is 1. The molecule has 0 unspecified atom stereocenters. The molecule has 1 heterocycles. The first kappa shape index (κ1) is 12.2. The van der Waals surface area contributed by atoms with E-state index in [1.807, 2.05) is 36.4 Å². The normalized spacial score (nSPS) is 12.5. The lowest BCUT2D eigenvalue weighted by Gasteiger charge is -2.07. The molecule has 0 bridgehead atoms. The quantitative estimate of drug-likeness (QED) is 0.856. The van der Waals surface area contributed by atoms with Crippen LogP contribution in [-0.4, -0.2) is 13.9 Å². The average Bonchev–Trinajstić information content (AvgIpc) is 2.87. The topological polar surface area (TPSA) is 27.7 Å². The summed E-state index contributed by atoms with van der Waals surface area (Å²) in [7, 11) is 1.66. The van der Waals surface area contributed by atoms with Crippen LogP contribution in [-0.2, 0) is 6.42 Å². The zero-order chi connectivity index (χ0) is 13.2. The average molecular weight is 277 g/mol. The van der Waals surface area contributed by atoms with Crippen LogP contribution in [0.5, 0.6) is 17.2 Å². The fourth-order valence-electron chi connectivity index (χ4n) is 2.06. The molecule has 4 heteroatoms. The Morgan fingerprint density at radius 1 is 1.11 bits per heavy atom. The van der Waals surface area contributed by atoms with Gasteiger partial charge in [-0.15, -0.1) is 0 Å². The summed E-state index contributed by atoms with van der Waals surface area (Å²) in [5.41, 5.74) is 2.19. The summed E-state index contributed by atoms with van der Waals surface area (Å²) in [5.74, 6) is 2.32. The van der Waals surface area contributed by atoms with Crippen LogP contribution in [0.2, 0.25) is 5.02 Å². The first-order chi connectivity index (χ1) is 9.26. The number of hydrogen-bond acceptors (Lipinski definition) is 3. The summed E-state index contributed by atoms with van der Waals surface area (Å²) in [6, 6.07) is 11.7. The standard InChI is InChI=1S/C15H13ClO3/c1-17-12-4-2-10(3-5-12)6-11-7-14-15(8-13(11)16)19-9-18-14/h2-5,7-8H,6,9H2,1H3. The van der Waals surface area contributed by atoms with Crippen LogP contribution >= 0.6 is 11.6 Å². The number of ether oxygens (including phenoxy) is 3. The zero-order valence-electron chi connectivity index (χ0n) is 10.5. The molecule has 0 amide bonds. The summed E-state index contributed by atoms with van der Waals surface area (Å²) in [6.07, 6.45) is 0.749. The largest absolute Gasteiger partial charge is 0.497 e. The minimum atomic E-state index is 0.262. The zero-order valence-corrected chi connectivity index (χ0v) is 11.2. The van der Waals surface area contributed by atoms with Crippen molar-refractivity contribution < 1.29 is 14.2 Å². The van der Waals surface area contributed by atoms with Gasteiger partial charge in [0.2, 0.25) is 6.79 Å². The molecule has 3 rings (SSSR count). The van der Waals surface area contributed by atoms with Crippen molar-refractivity contribution in [3.63, 3.8) is 0 Å². The molecule has 0 radical (unpaired) electrons. The highest BCUT2D eigenvalue weighted by molar-refractivity contribution is 6.31. The Kier molecular flexibility index (Phi) is 3.22. The lowest BCUT2D eigenvalue weighted by atomic mass is 10.0. The van der Waals surface area contributed by atoms with Gasteiger partial charge in [0, 0.05) is 11.1 Å². The summed E-state index contributed by atoms with van der Waals surface area (Å²) in [6.45, 7) is 0.262. The minimum absolute atomic E-state index is 0.262. The predicted octanol–water partition coefficient (Wildman–Crippen LogP) is 3.67. The van der Waals surface area contributed by atoms with Crippen molar-refractivity contribution in [2.45, 2.75) is 6.42 Å². The van der Waals surface area contributed by atoms with Crippen LogP contribution in [0.1, 0.15) is 11.1 Å². The molecule has 0 atom stereocenters. The molecular weight excluding hydrogens is 264 g/mol. The van der Waals surface area contributed by atoms with E-state index < -0.39 is 0 Å². The smallest absolute Gasteiger partial charge is 0.231 e. The molecule has 3 nitrogen and oxygen atoms in total. The molecule has 1 aliphatic rings. The van der Waals surface area contributed by atoms with Gasteiger partial charge in [-0.1, -0.05) is 23.7 Å². The Hall–Kier alpha value is -1.87. The molecule has 2 aromatic carbocycles. The first-order valence-electron chi connectivity index (χ1n) is 5.97. The fraction of sp³-hybridized carbons (Fsp3) is 0.200. The Balaban J connectivity index is 1.86. The third-order valence-corrected chi connectivity index (χ3v) is 3.45. The molecule has 0 spiro atoms. The van der Waals surface area contributed by atoms with Crippen molar-refractivity contribution in [2.24, 2.45) is 0 Å². The Labute approximate surface area is 116 Å². The van der Waals surface area contributed by atoms with Crippen molar-refractivity contribution in [3.05, 3.63) is 52.5 Å². The number of fused-ring (bicyclic) bond motifs is 1. The van der Waals surface area contributed by atoms with E-state index in [9.17, 15) is 0 Å². The fourth-order valence-corrected chi connectivity index (χ4v) is 2.28. The molecule has 0 aliphatic carbocycles. The van der Waals surface area contributed by atoms with E-state index in [0.717, 1.165) is 23.5 Å². The van der Waals surface area contributed by atoms with Crippen LogP contribution in [0, 0.1) is 0 Å². The van der Waals surface area contributed by atoms with Gasteiger partial charge < -0.3 is 14.2 Å². The second kappa shape index (κ2) is 5.02. The van der Waals surface area contributed by atoms with E-state index in [1.165, 1.54) is 5.56 Å². The van der Waals surface area contributed by atoms with E-state index in [-0.39, 0.29) is 6.79 Å². The van der Waals surface area contributed by atoms with Crippen molar-refractivity contribution in [1.29, 1.82) is 0 Å². The molecule has 19 heavy (non-hydrogen) atoms. The molecule has 0 saturated heterocycles. The van der Waals surface area contributed by atoms with Gasteiger partial charge in [-0.3, -0.25) is 0 Å². The number of methoxy groups -OCH3 is 1. The molecule has 0 fully saturated rings. The van der Waals surface area contributed by atoms with Crippen molar-refractivity contribution in [1.82, 2.24) is 0 Å². The Morgan fingerprint density at radius 2 is 1.79 bits per heavy atom. The highest BCUT2D eigenvalue weighted by atomic mass is 35.5. The van der Waals surface area contributed by atoms with Crippen molar-refractivity contribution >= 4 is 11.6 Å². The van der Waals surface area contributed by atoms with E-state index in [0.29, 0.717) is 10.8 Å². The molecule has 0 saturated carbocycles. The number of benzene rings is 2. The molecule has 0 aromatic heterocycles. The Bertz CT molecular complexity index is 593. The lowest BCUT2D eigenvalue weighted by molar-refractivity contribution is 0.174. The van der Waals surface area contributed by atoms with E-state index in [1.54, 1.807) is 7.11 Å². The summed E-state index contributed by atoms with van der Waals surface area (Å²) >= 11 is 6.26. The summed E-state index contributed by atoms with van der Waals surface area (Å²) in [4.78, 5) is 0. The van der Waals surface area contributed by atoms with Gasteiger partial charge in [-0.25, -0.2) is 0 Å². The van der Waals surface area contributed by atoms with Gasteiger partial charge in [-0.05, 0) is 35.7 Å². The maximum atomic E-state index is 6.26. The van der Waals surface area contributed by atoms with Crippen LogP contribution < -0.4 is 14.2 Å². The maximum absolute atomic E-state index is 6.26. The minimum Gasteiger partial charge on any atom is -0.497 e. The maximum Gasteiger partial charge on any atom is 0.231 e. The van der Waals surface area contributed by atoms with E-state index in [4.69, 9.17) is 25.8 Å². The van der Waals surface area contributed by atoms with Gasteiger partial charge >= 0.3 is 0 Å². The van der Waals surface area contributed by atoms with Gasteiger partial charge in [0.1, 0.15) is 5.75 Å². The second-order valence-corrected chi connectivity index (χ2v) is 4.73.